The summed E-state index contributed by atoms with van der Waals surface area (Å²) in [4.78, 5) is 49.5. The number of nitrogens with zero attached hydrogens (tertiary/aromatic N) is 1. The lowest BCUT2D eigenvalue weighted by molar-refractivity contribution is -0.149. The molecule has 10 heteroatoms. The third kappa shape index (κ3) is 4.58. The quantitative estimate of drug-likeness (QED) is 0.469. The van der Waals surface area contributed by atoms with Crippen LogP contribution in [0.25, 0.3) is 11.1 Å². The molecule has 3 amide bonds. The van der Waals surface area contributed by atoms with Crippen molar-refractivity contribution in [2.24, 2.45) is 5.73 Å². The molecule has 4 rings (SSSR count). The molecule has 0 unspecified atom stereocenters. The second-order valence-electron chi connectivity index (χ2n) is 8.43. The topological polar surface area (TPSA) is 159 Å². The second-order valence-corrected chi connectivity index (χ2v) is 8.43. The molecule has 2 aromatic carbocycles. The van der Waals surface area contributed by atoms with Gasteiger partial charge < -0.3 is 30.9 Å². The van der Waals surface area contributed by atoms with Crippen LogP contribution >= 0.6 is 0 Å². The van der Waals surface area contributed by atoms with Gasteiger partial charge in [0.1, 0.15) is 18.7 Å². The number of alkyl carbamates (subject to hydrolysis) is 1. The van der Waals surface area contributed by atoms with Gasteiger partial charge in [0.15, 0.2) is 0 Å². The Morgan fingerprint density at radius 3 is 2.21 bits per heavy atom. The van der Waals surface area contributed by atoms with Crippen LogP contribution in [0.1, 0.15) is 29.9 Å². The number of aliphatic carboxylic acids is 1. The summed E-state index contributed by atoms with van der Waals surface area (Å²) in [6.45, 7) is -0.227. The molecule has 0 radical (unpaired) electrons. The van der Waals surface area contributed by atoms with Crippen LogP contribution in [-0.2, 0) is 19.1 Å². The molecule has 1 heterocycles. The van der Waals surface area contributed by atoms with E-state index in [0.717, 1.165) is 27.2 Å². The standard InChI is InChI=1S/C24H25N3O7/c25-21(29)10-19(22(30)27-11-13(28)9-20(27)23(31)32)26-24(33)34-12-18-16-7-3-1-5-14(16)15-6-2-4-8-17(15)18/h1-8,13,18-20,28H,9-12H2,(H2,25,29)(H,26,33)(H,31,32)/t13-,19+,20+/m1/s1. The van der Waals surface area contributed by atoms with Crippen molar-refractivity contribution in [3.05, 3.63) is 59.7 Å². The monoisotopic (exact) mass is 467 g/mol. The van der Waals surface area contributed by atoms with Crippen molar-refractivity contribution >= 4 is 23.9 Å². The number of amides is 3. The zero-order valence-corrected chi connectivity index (χ0v) is 18.2. The number of fused-ring (bicyclic) bond motifs is 3. The van der Waals surface area contributed by atoms with Gasteiger partial charge in [-0.25, -0.2) is 9.59 Å². The number of carboxylic acid groups (broad SMARTS) is 1. The van der Waals surface area contributed by atoms with E-state index in [1.165, 1.54) is 0 Å². The van der Waals surface area contributed by atoms with Crippen molar-refractivity contribution < 1.29 is 34.1 Å². The summed E-state index contributed by atoms with van der Waals surface area (Å²) in [6.07, 6.45) is -2.64. The first-order valence-corrected chi connectivity index (χ1v) is 10.9. The maximum atomic E-state index is 12.9. The van der Waals surface area contributed by atoms with Crippen molar-refractivity contribution in [2.75, 3.05) is 13.2 Å². The molecule has 10 nitrogen and oxygen atoms in total. The number of rotatable bonds is 7. The number of carbonyl (C=O) groups is 4. The summed E-state index contributed by atoms with van der Waals surface area (Å²) >= 11 is 0. The largest absolute Gasteiger partial charge is 0.480 e. The van der Waals surface area contributed by atoms with Crippen LogP contribution in [0.5, 0.6) is 0 Å². The van der Waals surface area contributed by atoms with Crippen molar-refractivity contribution in [3.63, 3.8) is 0 Å². The first kappa shape index (κ1) is 23.2. The zero-order chi connectivity index (χ0) is 24.4. The third-order valence-corrected chi connectivity index (χ3v) is 6.19. The Morgan fingerprint density at radius 1 is 1.06 bits per heavy atom. The van der Waals surface area contributed by atoms with E-state index in [9.17, 15) is 29.4 Å². The number of nitrogens with two attached hydrogens (primary N) is 1. The zero-order valence-electron chi connectivity index (χ0n) is 18.2. The highest BCUT2D eigenvalue weighted by molar-refractivity contribution is 5.93. The van der Waals surface area contributed by atoms with E-state index in [4.69, 9.17) is 10.5 Å². The summed E-state index contributed by atoms with van der Waals surface area (Å²) in [5.41, 5.74) is 9.37. The van der Waals surface area contributed by atoms with E-state index < -0.39 is 48.5 Å². The lowest BCUT2D eigenvalue weighted by atomic mass is 9.98. The van der Waals surface area contributed by atoms with Crippen molar-refractivity contribution in [1.29, 1.82) is 0 Å². The van der Waals surface area contributed by atoms with Crippen molar-refractivity contribution in [3.8, 4) is 11.1 Å². The normalized spacial score (nSPS) is 19.7. The molecule has 34 heavy (non-hydrogen) atoms. The summed E-state index contributed by atoms with van der Waals surface area (Å²) in [5, 5.41) is 21.5. The van der Waals surface area contributed by atoms with Crippen LogP contribution in [0.4, 0.5) is 4.79 Å². The Morgan fingerprint density at radius 2 is 1.65 bits per heavy atom. The number of aliphatic hydroxyl groups is 1. The number of β-amino-alcohol motifs (C(OH)–C–C–N with tert-alkyl or cyclic N) is 1. The van der Waals surface area contributed by atoms with Gasteiger partial charge in [-0.1, -0.05) is 48.5 Å². The van der Waals surface area contributed by atoms with E-state index in [1.54, 1.807) is 0 Å². The predicted molar refractivity (Wildman–Crippen MR) is 120 cm³/mol. The molecule has 5 N–H and O–H groups in total. The number of hydrogen-bond donors (Lipinski definition) is 4. The SMILES string of the molecule is NC(=O)C[C@H](NC(=O)OCC1c2ccccc2-c2ccccc21)C(=O)N1C[C@H](O)C[C@H]1C(=O)O. The number of carbonyl (C=O) groups excluding carboxylic acids is 3. The average molecular weight is 467 g/mol. The van der Waals surface area contributed by atoms with Gasteiger partial charge in [0, 0.05) is 18.9 Å². The van der Waals surface area contributed by atoms with Gasteiger partial charge in [0.2, 0.25) is 11.8 Å². The van der Waals surface area contributed by atoms with Gasteiger partial charge in [0.05, 0.1) is 12.5 Å². The molecule has 2 aromatic rings. The number of primary amides is 1. The number of likely N-dealkylation sites (tertiary alicyclic amines) is 1. The lowest BCUT2D eigenvalue weighted by Gasteiger charge is -2.26. The minimum absolute atomic E-state index is 0.00246. The van der Waals surface area contributed by atoms with Gasteiger partial charge in [0.25, 0.3) is 0 Å². The molecule has 0 spiro atoms. The lowest BCUT2D eigenvalue weighted by Crippen LogP contribution is -2.53. The molecule has 3 atom stereocenters. The smallest absolute Gasteiger partial charge is 0.407 e. The summed E-state index contributed by atoms with van der Waals surface area (Å²) in [5.74, 6) is -3.17. The van der Waals surface area contributed by atoms with E-state index in [-0.39, 0.29) is 25.5 Å². The third-order valence-electron chi connectivity index (χ3n) is 6.19. The Hall–Kier alpha value is -3.92. The Balaban J connectivity index is 1.46. The van der Waals surface area contributed by atoms with Gasteiger partial charge in [-0.2, -0.15) is 0 Å². The number of aliphatic hydroxyl groups excluding tert-OH is 1. The fraction of sp³-hybridized carbons (Fsp3) is 0.333. The van der Waals surface area contributed by atoms with Gasteiger partial charge in [-0.05, 0) is 22.3 Å². The molecule has 2 aliphatic rings. The van der Waals surface area contributed by atoms with Gasteiger partial charge in [-0.15, -0.1) is 0 Å². The predicted octanol–water partition coefficient (Wildman–Crippen LogP) is 0.815. The van der Waals surface area contributed by atoms with Crippen molar-refractivity contribution in [2.45, 2.75) is 36.9 Å². The minimum Gasteiger partial charge on any atom is -0.480 e. The van der Waals surface area contributed by atoms with Crippen LogP contribution in [0, 0.1) is 0 Å². The highest BCUT2D eigenvalue weighted by Crippen LogP contribution is 2.44. The van der Waals surface area contributed by atoms with E-state index in [1.807, 2.05) is 48.5 Å². The molecule has 1 fully saturated rings. The maximum absolute atomic E-state index is 12.9. The van der Waals surface area contributed by atoms with E-state index in [0.29, 0.717) is 0 Å². The fourth-order valence-corrected chi connectivity index (χ4v) is 4.68. The Bertz CT molecular complexity index is 1090. The number of carboxylic acids is 1. The maximum Gasteiger partial charge on any atom is 0.407 e. The molecule has 1 aliphatic carbocycles. The second kappa shape index (κ2) is 9.52. The molecular formula is C24H25N3O7. The summed E-state index contributed by atoms with van der Waals surface area (Å²) in [7, 11) is 0. The molecule has 1 saturated heterocycles. The van der Waals surface area contributed by atoms with E-state index >= 15 is 0 Å². The van der Waals surface area contributed by atoms with Crippen LogP contribution in [0.2, 0.25) is 0 Å². The molecule has 0 bridgehead atoms. The number of benzene rings is 2. The van der Waals surface area contributed by atoms with Crippen LogP contribution < -0.4 is 11.1 Å². The molecule has 0 aromatic heterocycles. The van der Waals surface area contributed by atoms with Gasteiger partial charge >= 0.3 is 12.1 Å². The number of ether oxygens (including phenoxy) is 1. The summed E-state index contributed by atoms with van der Waals surface area (Å²) < 4.78 is 5.42. The minimum atomic E-state index is -1.42. The summed E-state index contributed by atoms with van der Waals surface area (Å²) in [6, 6.07) is 12.9. The molecule has 1 aliphatic heterocycles. The van der Waals surface area contributed by atoms with Crippen LogP contribution in [-0.4, -0.2) is 70.3 Å². The highest BCUT2D eigenvalue weighted by atomic mass is 16.5. The Labute approximate surface area is 195 Å². The van der Waals surface area contributed by atoms with E-state index in [2.05, 4.69) is 5.32 Å². The molecule has 0 saturated carbocycles. The van der Waals surface area contributed by atoms with Crippen molar-refractivity contribution in [1.82, 2.24) is 10.2 Å². The molecule has 178 valence electrons. The Kier molecular flexibility index (Phi) is 6.51. The average Bonchev–Trinajstić information content (AvgIpc) is 3.35. The van der Waals surface area contributed by atoms with Crippen LogP contribution in [0.3, 0.4) is 0 Å². The molecular weight excluding hydrogens is 442 g/mol. The van der Waals surface area contributed by atoms with Crippen LogP contribution in [0.15, 0.2) is 48.5 Å². The first-order valence-electron chi connectivity index (χ1n) is 10.9. The first-order chi connectivity index (χ1) is 16.3. The number of hydrogen-bond acceptors (Lipinski definition) is 6. The highest BCUT2D eigenvalue weighted by Gasteiger charge is 2.42. The number of nitrogens with one attached hydrogen (secondary N) is 1. The fourth-order valence-electron chi connectivity index (χ4n) is 4.68. The van der Waals surface area contributed by atoms with Gasteiger partial charge in [-0.3, -0.25) is 9.59 Å².